The topological polar surface area (TPSA) is 41.1 Å². The van der Waals surface area contributed by atoms with Gasteiger partial charge < -0.3 is 10.2 Å². The summed E-state index contributed by atoms with van der Waals surface area (Å²) in [6.07, 6.45) is 3.86. The number of nitrogens with one attached hydrogen (secondary N) is 1. The second-order valence-corrected chi connectivity index (χ2v) is 5.86. The molecule has 1 rings (SSSR count). The van der Waals surface area contributed by atoms with Crippen LogP contribution in [0.5, 0.6) is 0 Å². The Morgan fingerprint density at radius 3 is 2.00 bits per heavy atom. The Morgan fingerprint density at radius 1 is 1.05 bits per heavy atom. The number of anilines is 1. The van der Waals surface area contributed by atoms with Crippen molar-refractivity contribution in [3.8, 4) is 0 Å². The molecule has 0 radical (unpaired) electrons. The first-order valence-corrected chi connectivity index (χ1v) is 7.29. The quantitative estimate of drug-likeness (QED) is 0.784. The van der Waals surface area contributed by atoms with Gasteiger partial charge >= 0.3 is 0 Å². The molecule has 0 spiro atoms. The van der Waals surface area contributed by atoms with E-state index >= 15 is 0 Å². The van der Waals surface area contributed by atoms with Crippen molar-refractivity contribution in [1.29, 1.82) is 0 Å². The van der Waals surface area contributed by atoms with Crippen molar-refractivity contribution in [2.24, 2.45) is 11.8 Å². The number of hydrogen-bond donors (Lipinski definition) is 1. The van der Waals surface area contributed by atoms with Crippen molar-refractivity contribution < 1.29 is 0 Å². The van der Waals surface area contributed by atoms with Crippen LogP contribution in [0.3, 0.4) is 0 Å². The molecule has 0 unspecified atom stereocenters. The Kier molecular flexibility index (Phi) is 6.78. The molecule has 19 heavy (non-hydrogen) atoms. The van der Waals surface area contributed by atoms with Crippen molar-refractivity contribution in [1.82, 2.24) is 15.3 Å². The monoisotopic (exact) mass is 264 g/mol. The predicted octanol–water partition coefficient (Wildman–Crippen LogP) is 2.70. The van der Waals surface area contributed by atoms with E-state index in [4.69, 9.17) is 0 Å². The lowest BCUT2D eigenvalue weighted by Crippen LogP contribution is -2.32. The normalized spacial score (nSPS) is 11.3. The van der Waals surface area contributed by atoms with Crippen LogP contribution in [0.2, 0.25) is 0 Å². The molecule has 0 saturated carbocycles. The van der Waals surface area contributed by atoms with Gasteiger partial charge in [0.1, 0.15) is 0 Å². The van der Waals surface area contributed by atoms with Crippen molar-refractivity contribution in [3.63, 3.8) is 0 Å². The average molecular weight is 264 g/mol. The molecule has 0 aliphatic carbocycles. The fourth-order valence-electron chi connectivity index (χ4n) is 1.99. The van der Waals surface area contributed by atoms with Gasteiger partial charge in [0.2, 0.25) is 5.95 Å². The zero-order valence-electron chi connectivity index (χ0n) is 13.0. The fraction of sp³-hybridized carbons (Fsp3) is 0.733. The minimum absolute atomic E-state index is 0.615. The van der Waals surface area contributed by atoms with Crippen LogP contribution in [-0.4, -0.2) is 29.6 Å². The summed E-state index contributed by atoms with van der Waals surface area (Å²) >= 11 is 0. The average Bonchev–Trinajstić information content (AvgIpc) is 2.35. The molecule has 4 nitrogen and oxygen atoms in total. The number of rotatable bonds is 8. The summed E-state index contributed by atoms with van der Waals surface area (Å²) in [6.45, 7) is 14.8. The molecule has 0 saturated heterocycles. The maximum absolute atomic E-state index is 4.51. The van der Waals surface area contributed by atoms with Gasteiger partial charge in [-0.3, -0.25) is 0 Å². The van der Waals surface area contributed by atoms with E-state index in [-0.39, 0.29) is 0 Å². The van der Waals surface area contributed by atoms with Crippen LogP contribution in [0.4, 0.5) is 5.95 Å². The first-order chi connectivity index (χ1) is 9.02. The first kappa shape index (κ1) is 15.9. The molecule has 0 bridgehead atoms. The van der Waals surface area contributed by atoms with Crippen molar-refractivity contribution in [2.75, 3.05) is 24.5 Å². The van der Waals surface area contributed by atoms with E-state index in [1.807, 2.05) is 12.4 Å². The molecule has 1 aromatic heterocycles. The van der Waals surface area contributed by atoms with E-state index in [2.05, 4.69) is 54.8 Å². The molecule has 0 fully saturated rings. The smallest absolute Gasteiger partial charge is 0.225 e. The van der Waals surface area contributed by atoms with Crippen molar-refractivity contribution in [3.05, 3.63) is 18.0 Å². The van der Waals surface area contributed by atoms with Gasteiger partial charge in [-0.1, -0.05) is 34.6 Å². The second-order valence-electron chi connectivity index (χ2n) is 5.86. The van der Waals surface area contributed by atoms with Gasteiger partial charge in [-0.25, -0.2) is 9.97 Å². The third kappa shape index (κ3) is 6.01. The van der Waals surface area contributed by atoms with Crippen molar-refractivity contribution >= 4 is 5.95 Å². The van der Waals surface area contributed by atoms with Crippen LogP contribution in [0, 0.1) is 11.8 Å². The second kappa shape index (κ2) is 8.10. The molecule has 0 aliphatic rings. The largest absolute Gasteiger partial charge is 0.340 e. The molecule has 108 valence electrons. The minimum atomic E-state index is 0.615. The van der Waals surface area contributed by atoms with Gasteiger partial charge in [-0.05, 0) is 18.4 Å². The fourth-order valence-corrected chi connectivity index (χ4v) is 1.99. The Hall–Kier alpha value is -1.16. The van der Waals surface area contributed by atoms with E-state index in [0.717, 1.165) is 37.7 Å². The Balaban J connectivity index is 2.72. The Labute approximate surface area is 117 Å². The summed E-state index contributed by atoms with van der Waals surface area (Å²) < 4.78 is 0. The standard InChI is InChI=1S/C15H28N4/c1-6-16-7-14-8-17-15(18-9-14)19(10-12(2)3)11-13(4)5/h8-9,12-13,16H,6-7,10-11H2,1-5H3. The number of aromatic nitrogens is 2. The highest BCUT2D eigenvalue weighted by molar-refractivity contribution is 5.30. The van der Waals surface area contributed by atoms with Gasteiger partial charge in [0.05, 0.1) is 0 Å². The summed E-state index contributed by atoms with van der Waals surface area (Å²) in [4.78, 5) is 11.3. The molecular weight excluding hydrogens is 236 g/mol. The van der Waals surface area contributed by atoms with E-state index in [9.17, 15) is 0 Å². The molecule has 1 N–H and O–H groups in total. The first-order valence-electron chi connectivity index (χ1n) is 7.29. The van der Waals surface area contributed by atoms with Gasteiger partial charge in [0.25, 0.3) is 0 Å². The number of nitrogens with zero attached hydrogens (tertiary/aromatic N) is 3. The summed E-state index contributed by atoms with van der Waals surface area (Å²) in [7, 11) is 0. The molecule has 4 heteroatoms. The third-order valence-electron chi connectivity index (χ3n) is 2.72. The zero-order chi connectivity index (χ0) is 14.3. The zero-order valence-corrected chi connectivity index (χ0v) is 13.0. The lowest BCUT2D eigenvalue weighted by Gasteiger charge is -2.26. The molecule has 1 aromatic rings. The molecule has 0 aliphatic heterocycles. The van der Waals surface area contributed by atoms with Gasteiger partial charge in [-0.15, -0.1) is 0 Å². The van der Waals surface area contributed by atoms with Crippen LogP contribution in [0.25, 0.3) is 0 Å². The van der Waals surface area contributed by atoms with Gasteiger partial charge in [0.15, 0.2) is 0 Å². The van der Waals surface area contributed by atoms with Crippen LogP contribution < -0.4 is 10.2 Å². The summed E-state index contributed by atoms with van der Waals surface area (Å²) in [5.41, 5.74) is 1.14. The third-order valence-corrected chi connectivity index (χ3v) is 2.72. The lowest BCUT2D eigenvalue weighted by molar-refractivity contribution is 0.543. The van der Waals surface area contributed by atoms with E-state index in [0.29, 0.717) is 11.8 Å². The van der Waals surface area contributed by atoms with Crippen LogP contribution in [-0.2, 0) is 6.54 Å². The summed E-state index contributed by atoms with van der Waals surface area (Å²) in [5, 5.41) is 3.28. The Bertz CT molecular complexity index is 336. The minimum Gasteiger partial charge on any atom is -0.340 e. The van der Waals surface area contributed by atoms with Crippen LogP contribution in [0.15, 0.2) is 12.4 Å². The SMILES string of the molecule is CCNCc1cnc(N(CC(C)C)CC(C)C)nc1. The van der Waals surface area contributed by atoms with Crippen LogP contribution >= 0.6 is 0 Å². The molecule has 1 heterocycles. The summed E-state index contributed by atoms with van der Waals surface area (Å²) in [5.74, 6) is 2.08. The van der Waals surface area contributed by atoms with Crippen LogP contribution in [0.1, 0.15) is 40.2 Å². The highest BCUT2D eigenvalue weighted by Crippen LogP contribution is 2.12. The van der Waals surface area contributed by atoms with Gasteiger partial charge in [0, 0.05) is 37.6 Å². The highest BCUT2D eigenvalue weighted by atomic mass is 15.2. The van der Waals surface area contributed by atoms with Crippen molar-refractivity contribution in [2.45, 2.75) is 41.2 Å². The Morgan fingerprint density at radius 2 is 1.58 bits per heavy atom. The van der Waals surface area contributed by atoms with E-state index < -0.39 is 0 Å². The highest BCUT2D eigenvalue weighted by Gasteiger charge is 2.12. The maximum Gasteiger partial charge on any atom is 0.225 e. The lowest BCUT2D eigenvalue weighted by atomic mass is 10.1. The summed E-state index contributed by atoms with van der Waals surface area (Å²) in [6, 6.07) is 0. The van der Waals surface area contributed by atoms with E-state index in [1.165, 1.54) is 0 Å². The number of hydrogen-bond acceptors (Lipinski definition) is 4. The predicted molar refractivity (Wildman–Crippen MR) is 81.3 cm³/mol. The molecule has 0 atom stereocenters. The molecule has 0 amide bonds. The molecular formula is C15H28N4. The maximum atomic E-state index is 4.51. The van der Waals surface area contributed by atoms with Gasteiger partial charge in [-0.2, -0.15) is 0 Å². The molecule has 0 aromatic carbocycles. The van der Waals surface area contributed by atoms with E-state index in [1.54, 1.807) is 0 Å².